The van der Waals surface area contributed by atoms with Crippen LogP contribution >= 0.6 is 27.5 Å². The Morgan fingerprint density at radius 3 is 2.77 bits per heavy atom. The minimum absolute atomic E-state index is 0.204. The maximum absolute atomic E-state index is 10.6. The molecule has 0 aliphatic rings. The molecule has 0 amide bonds. The van der Waals surface area contributed by atoms with Gasteiger partial charge in [-0.25, -0.2) is 10.1 Å². The first kappa shape index (κ1) is 10.7. The first-order chi connectivity index (χ1) is 5.88. The molecule has 0 aromatic carbocycles. The Bertz CT molecular complexity index is 422. The third-order valence-corrected chi connectivity index (χ3v) is 2.40. The molecule has 0 saturated carbocycles. The summed E-state index contributed by atoms with van der Waals surface area (Å²) < 4.78 is 23.6. The van der Waals surface area contributed by atoms with Gasteiger partial charge in [-0.05, 0) is 22.0 Å². The molecule has 0 fully saturated rings. The van der Waals surface area contributed by atoms with Gasteiger partial charge in [-0.15, -0.1) is 0 Å². The van der Waals surface area contributed by atoms with Crippen LogP contribution in [0.3, 0.4) is 0 Å². The highest BCUT2D eigenvalue weighted by Crippen LogP contribution is 2.23. The van der Waals surface area contributed by atoms with Crippen LogP contribution in [-0.2, 0) is 10.2 Å². The monoisotopic (exact) mass is 285 g/mol. The third kappa shape index (κ3) is 3.47. The molecular weight excluding hydrogens is 281 g/mol. The Morgan fingerprint density at radius 1 is 1.62 bits per heavy atom. The van der Waals surface area contributed by atoms with Crippen molar-refractivity contribution in [2.45, 2.75) is 0 Å². The molecule has 13 heavy (non-hydrogen) atoms. The normalized spacial score (nSPS) is 11.3. The Morgan fingerprint density at radius 2 is 2.23 bits per heavy atom. The van der Waals surface area contributed by atoms with Crippen LogP contribution in [0.5, 0.6) is 0 Å². The van der Waals surface area contributed by atoms with E-state index in [1.165, 1.54) is 12.3 Å². The lowest BCUT2D eigenvalue weighted by Crippen LogP contribution is -2.22. The average Bonchev–Trinajstić information content (AvgIpc) is 1.94. The Balaban J connectivity index is 3.08. The molecule has 1 aromatic heterocycles. The van der Waals surface area contributed by atoms with Crippen molar-refractivity contribution in [3.05, 3.63) is 21.9 Å². The van der Waals surface area contributed by atoms with E-state index >= 15 is 0 Å². The van der Waals surface area contributed by atoms with E-state index < -0.39 is 10.2 Å². The fourth-order valence-corrected chi connectivity index (χ4v) is 1.71. The predicted molar refractivity (Wildman–Crippen MR) is 53.7 cm³/mol. The first-order valence-electron chi connectivity index (χ1n) is 3.00. The van der Waals surface area contributed by atoms with E-state index in [0.29, 0.717) is 9.63 Å². The molecule has 0 aliphatic carbocycles. The third-order valence-electron chi connectivity index (χ3n) is 1.06. The molecule has 1 heterocycles. The summed E-state index contributed by atoms with van der Waals surface area (Å²) in [6.07, 6.45) is 1.37. The molecule has 0 radical (unpaired) electrons. The van der Waals surface area contributed by atoms with Gasteiger partial charge in [-0.3, -0.25) is 4.72 Å². The van der Waals surface area contributed by atoms with Crippen molar-refractivity contribution in [1.29, 1.82) is 0 Å². The highest BCUT2D eigenvalue weighted by molar-refractivity contribution is 9.10. The number of aromatic nitrogens is 1. The van der Waals surface area contributed by atoms with Gasteiger partial charge in [0.05, 0.1) is 10.7 Å². The van der Waals surface area contributed by atoms with Gasteiger partial charge in [0.1, 0.15) is 4.60 Å². The molecule has 8 heteroatoms. The number of anilines is 1. The van der Waals surface area contributed by atoms with Crippen molar-refractivity contribution in [3.63, 3.8) is 0 Å². The second-order valence-corrected chi connectivity index (χ2v) is 4.62. The van der Waals surface area contributed by atoms with Crippen molar-refractivity contribution in [3.8, 4) is 0 Å². The number of nitrogens with two attached hydrogens (primary N) is 1. The molecular formula is C5H5BrClN3O2S. The minimum atomic E-state index is -3.80. The molecule has 1 aromatic rings. The van der Waals surface area contributed by atoms with Crippen LogP contribution in [0.4, 0.5) is 5.69 Å². The van der Waals surface area contributed by atoms with E-state index in [1.54, 1.807) is 0 Å². The van der Waals surface area contributed by atoms with Gasteiger partial charge < -0.3 is 0 Å². The lowest BCUT2D eigenvalue weighted by Gasteiger charge is -2.04. The minimum Gasteiger partial charge on any atom is -0.268 e. The predicted octanol–water partition coefficient (Wildman–Crippen LogP) is 1.11. The second kappa shape index (κ2) is 3.79. The quantitative estimate of drug-likeness (QED) is 0.799. The summed E-state index contributed by atoms with van der Waals surface area (Å²) in [6.45, 7) is 0. The molecule has 72 valence electrons. The number of rotatable bonds is 2. The molecule has 0 saturated heterocycles. The van der Waals surface area contributed by atoms with Crippen LogP contribution in [0.25, 0.3) is 0 Å². The largest absolute Gasteiger partial charge is 0.296 e. The summed E-state index contributed by atoms with van der Waals surface area (Å²) in [5, 5.41) is 5.07. The lowest BCUT2D eigenvalue weighted by molar-refractivity contribution is 0.603. The number of halogens is 2. The van der Waals surface area contributed by atoms with E-state index in [1.807, 2.05) is 4.72 Å². The van der Waals surface area contributed by atoms with Crippen LogP contribution in [0, 0.1) is 0 Å². The summed E-state index contributed by atoms with van der Waals surface area (Å²) in [7, 11) is -3.80. The molecule has 5 nitrogen and oxygen atoms in total. The highest BCUT2D eigenvalue weighted by atomic mass is 79.9. The number of hydrogen-bond acceptors (Lipinski definition) is 3. The Kier molecular flexibility index (Phi) is 3.12. The van der Waals surface area contributed by atoms with Crippen molar-refractivity contribution < 1.29 is 8.42 Å². The van der Waals surface area contributed by atoms with E-state index in [2.05, 4.69) is 20.9 Å². The van der Waals surface area contributed by atoms with Crippen LogP contribution in [0.15, 0.2) is 16.9 Å². The van der Waals surface area contributed by atoms with Crippen LogP contribution in [-0.4, -0.2) is 13.4 Å². The standard InChI is InChI=1S/C5H5BrClN3O2S/c6-5-4(10-13(8,11)12)1-3(7)2-9-5/h1-2,10H,(H2,8,11,12). The molecule has 0 atom stereocenters. The highest BCUT2D eigenvalue weighted by Gasteiger charge is 2.07. The summed E-state index contributed by atoms with van der Waals surface area (Å²) in [6, 6.07) is 1.39. The molecule has 0 spiro atoms. The van der Waals surface area contributed by atoms with Gasteiger partial charge in [0.2, 0.25) is 0 Å². The Hall–Kier alpha value is -0.370. The van der Waals surface area contributed by atoms with E-state index in [0.717, 1.165) is 0 Å². The summed E-state index contributed by atoms with van der Waals surface area (Å²) in [5.74, 6) is 0. The van der Waals surface area contributed by atoms with Gasteiger partial charge >= 0.3 is 0 Å². The van der Waals surface area contributed by atoms with Crippen molar-refractivity contribution in [2.75, 3.05) is 4.72 Å². The maximum atomic E-state index is 10.6. The molecule has 0 aliphatic heterocycles. The second-order valence-electron chi connectivity index (χ2n) is 2.14. The van der Waals surface area contributed by atoms with E-state index in [4.69, 9.17) is 16.7 Å². The van der Waals surface area contributed by atoms with Gasteiger partial charge in [-0.2, -0.15) is 8.42 Å². The zero-order valence-corrected chi connectivity index (χ0v) is 9.32. The number of pyridine rings is 1. The molecule has 3 N–H and O–H groups in total. The topological polar surface area (TPSA) is 85.1 Å². The average molecular weight is 287 g/mol. The number of nitrogens with one attached hydrogen (secondary N) is 1. The van der Waals surface area contributed by atoms with E-state index in [-0.39, 0.29) is 5.69 Å². The van der Waals surface area contributed by atoms with Crippen LogP contribution in [0.2, 0.25) is 5.02 Å². The molecule has 1 rings (SSSR count). The fourth-order valence-electron chi connectivity index (χ4n) is 0.647. The zero-order chi connectivity index (χ0) is 10.1. The number of hydrogen-bond donors (Lipinski definition) is 2. The van der Waals surface area contributed by atoms with E-state index in [9.17, 15) is 8.42 Å². The summed E-state index contributed by atoms with van der Waals surface area (Å²) in [5.41, 5.74) is 0.204. The molecule has 0 unspecified atom stereocenters. The number of nitrogens with zero attached hydrogens (tertiary/aromatic N) is 1. The zero-order valence-electron chi connectivity index (χ0n) is 6.16. The van der Waals surface area contributed by atoms with Crippen molar-refractivity contribution >= 4 is 43.4 Å². The van der Waals surface area contributed by atoms with Gasteiger partial charge in [0.25, 0.3) is 10.2 Å². The van der Waals surface area contributed by atoms with Crippen molar-refractivity contribution in [1.82, 2.24) is 4.98 Å². The Labute approximate surface area is 88.6 Å². The van der Waals surface area contributed by atoms with Crippen LogP contribution < -0.4 is 9.86 Å². The summed E-state index contributed by atoms with van der Waals surface area (Å²) in [4.78, 5) is 3.77. The van der Waals surface area contributed by atoms with Crippen molar-refractivity contribution in [2.24, 2.45) is 5.14 Å². The van der Waals surface area contributed by atoms with Gasteiger partial charge in [-0.1, -0.05) is 11.6 Å². The lowest BCUT2D eigenvalue weighted by atomic mass is 10.4. The molecule has 0 bridgehead atoms. The van der Waals surface area contributed by atoms with Crippen LogP contribution in [0.1, 0.15) is 0 Å². The SMILES string of the molecule is NS(=O)(=O)Nc1cc(Cl)cnc1Br. The smallest absolute Gasteiger partial charge is 0.268 e. The first-order valence-corrected chi connectivity index (χ1v) is 5.72. The van der Waals surface area contributed by atoms with Gasteiger partial charge in [0, 0.05) is 6.20 Å². The fraction of sp³-hybridized carbons (Fsp3) is 0. The maximum Gasteiger partial charge on any atom is 0.296 e. The summed E-state index contributed by atoms with van der Waals surface area (Å²) >= 11 is 8.62. The van der Waals surface area contributed by atoms with Gasteiger partial charge in [0.15, 0.2) is 0 Å².